The van der Waals surface area contributed by atoms with E-state index in [4.69, 9.17) is 11.6 Å². The van der Waals surface area contributed by atoms with E-state index >= 15 is 0 Å². The van der Waals surface area contributed by atoms with Crippen molar-refractivity contribution in [1.82, 2.24) is 9.55 Å². The molecule has 0 spiro atoms. The SMILES string of the molecule is ClC1N=CC(Br)c2c1ncn2Cc1ccccc1. The highest BCUT2D eigenvalue weighted by atomic mass is 79.9. The monoisotopic (exact) mass is 323 g/mol. The van der Waals surface area contributed by atoms with Gasteiger partial charge in [-0.15, -0.1) is 0 Å². The van der Waals surface area contributed by atoms with E-state index in [1.165, 1.54) is 5.56 Å². The minimum Gasteiger partial charge on any atom is -0.328 e. The fourth-order valence-corrected chi connectivity index (χ4v) is 2.96. The largest absolute Gasteiger partial charge is 0.328 e. The third kappa shape index (κ3) is 2.10. The van der Waals surface area contributed by atoms with E-state index in [1.807, 2.05) is 30.7 Å². The second kappa shape index (κ2) is 4.86. The molecule has 0 fully saturated rings. The molecule has 0 radical (unpaired) electrons. The zero-order chi connectivity index (χ0) is 12.5. The molecule has 2 atom stereocenters. The molecule has 3 nitrogen and oxygen atoms in total. The highest BCUT2D eigenvalue weighted by Gasteiger charge is 2.26. The third-order valence-corrected chi connectivity index (χ3v) is 3.93. The number of hydrogen-bond acceptors (Lipinski definition) is 2. The van der Waals surface area contributed by atoms with Crippen LogP contribution in [0.15, 0.2) is 41.7 Å². The molecule has 18 heavy (non-hydrogen) atoms. The standard InChI is InChI=1S/C13H11BrClN3/c14-10-6-16-13(15)11-12(10)18(8-17-11)7-9-4-2-1-3-5-9/h1-6,8,10,13H,7H2. The fraction of sp³-hybridized carbons (Fsp3) is 0.231. The molecule has 3 rings (SSSR count). The number of hydrogen-bond donors (Lipinski definition) is 0. The number of benzene rings is 1. The summed E-state index contributed by atoms with van der Waals surface area (Å²) in [7, 11) is 0. The highest BCUT2D eigenvalue weighted by Crippen LogP contribution is 2.35. The van der Waals surface area contributed by atoms with E-state index in [0.29, 0.717) is 0 Å². The summed E-state index contributed by atoms with van der Waals surface area (Å²) in [6.45, 7) is 0.794. The topological polar surface area (TPSA) is 30.2 Å². The summed E-state index contributed by atoms with van der Waals surface area (Å²) in [5.41, 5.74) is 2.81. The van der Waals surface area contributed by atoms with Gasteiger partial charge in [-0.1, -0.05) is 57.9 Å². The Morgan fingerprint density at radius 3 is 2.83 bits per heavy atom. The molecule has 1 aromatic heterocycles. The minimum absolute atomic E-state index is 0.0775. The summed E-state index contributed by atoms with van der Waals surface area (Å²) in [4.78, 5) is 8.64. The number of aromatic nitrogens is 2. The number of alkyl halides is 2. The van der Waals surface area contributed by atoms with Crippen molar-refractivity contribution < 1.29 is 0 Å². The first kappa shape index (κ1) is 11.9. The molecule has 0 amide bonds. The summed E-state index contributed by atoms with van der Waals surface area (Å²) in [5, 5.41) is 0. The van der Waals surface area contributed by atoms with Crippen LogP contribution >= 0.6 is 27.5 Å². The summed E-state index contributed by atoms with van der Waals surface area (Å²) >= 11 is 9.72. The van der Waals surface area contributed by atoms with Gasteiger partial charge in [0.25, 0.3) is 0 Å². The lowest BCUT2D eigenvalue weighted by Crippen LogP contribution is -2.11. The maximum absolute atomic E-state index is 6.13. The number of aliphatic imine (C=N–C) groups is 1. The summed E-state index contributed by atoms with van der Waals surface area (Å²) < 4.78 is 2.12. The maximum atomic E-state index is 6.13. The van der Waals surface area contributed by atoms with Crippen molar-refractivity contribution in [2.75, 3.05) is 0 Å². The van der Waals surface area contributed by atoms with E-state index in [0.717, 1.165) is 17.9 Å². The van der Waals surface area contributed by atoms with Crippen molar-refractivity contribution >= 4 is 33.7 Å². The Bertz CT molecular complexity index is 579. The van der Waals surface area contributed by atoms with Gasteiger partial charge in [-0.05, 0) is 5.56 Å². The van der Waals surface area contributed by atoms with Crippen LogP contribution in [0, 0.1) is 0 Å². The summed E-state index contributed by atoms with van der Waals surface area (Å²) in [6.07, 6.45) is 3.65. The summed E-state index contributed by atoms with van der Waals surface area (Å²) in [6, 6.07) is 10.3. The van der Waals surface area contributed by atoms with Gasteiger partial charge in [0.1, 0.15) is 5.69 Å². The molecular formula is C13H11BrClN3. The molecule has 2 unspecified atom stereocenters. The van der Waals surface area contributed by atoms with Crippen molar-refractivity contribution in [3.05, 3.63) is 53.6 Å². The molecule has 92 valence electrons. The molecule has 5 heteroatoms. The lowest BCUT2D eigenvalue weighted by molar-refractivity contribution is 0.750. The van der Waals surface area contributed by atoms with E-state index in [1.54, 1.807) is 0 Å². The normalized spacial score (nSPS) is 21.9. The van der Waals surface area contributed by atoms with Gasteiger partial charge in [0.2, 0.25) is 0 Å². The van der Waals surface area contributed by atoms with Gasteiger partial charge in [0.05, 0.1) is 16.8 Å². The van der Waals surface area contributed by atoms with E-state index in [-0.39, 0.29) is 10.3 Å². The number of fused-ring (bicyclic) bond motifs is 1. The van der Waals surface area contributed by atoms with Crippen LogP contribution in [-0.2, 0) is 6.54 Å². The van der Waals surface area contributed by atoms with Gasteiger partial charge in [0, 0.05) is 12.8 Å². The number of imidazole rings is 1. The molecule has 0 saturated heterocycles. The van der Waals surface area contributed by atoms with Crippen LogP contribution in [0.2, 0.25) is 0 Å². The zero-order valence-electron chi connectivity index (χ0n) is 9.50. The Balaban J connectivity index is 1.96. The smallest absolute Gasteiger partial charge is 0.167 e. The highest BCUT2D eigenvalue weighted by molar-refractivity contribution is 9.09. The van der Waals surface area contributed by atoms with E-state index in [9.17, 15) is 0 Å². The van der Waals surface area contributed by atoms with Crippen molar-refractivity contribution in [3.63, 3.8) is 0 Å². The average molecular weight is 325 g/mol. The van der Waals surface area contributed by atoms with Gasteiger partial charge >= 0.3 is 0 Å². The third-order valence-electron chi connectivity index (χ3n) is 2.94. The van der Waals surface area contributed by atoms with Gasteiger partial charge in [-0.25, -0.2) is 4.98 Å². The van der Waals surface area contributed by atoms with Crippen molar-refractivity contribution in [2.45, 2.75) is 16.9 Å². The van der Waals surface area contributed by atoms with Crippen molar-refractivity contribution in [1.29, 1.82) is 0 Å². The van der Waals surface area contributed by atoms with Crippen LogP contribution in [0.25, 0.3) is 0 Å². The zero-order valence-corrected chi connectivity index (χ0v) is 11.8. The molecule has 0 saturated carbocycles. The molecular weight excluding hydrogens is 314 g/mol. The lowest BCUT2D eigenvalue weighted by atomic mass is 10.2. The van der Waals surface area contributed by atoms with E-state index < -0.39 is 0 Å². The van der Waals surface area contributed by atoms with Gasteiger partial charge in [-0.3, -0.25) is 4.99 Å². The number of halogens is 2. The average Bonchev–Trinajstić information content (AvgIpc) is 2.80. The maximum Gasteiger partial charge on any atom is 0.167 e. The van der Waals surface area contributed by atoms with Crippen molar-refractivity contribution in [3.8, 4) is 0 Å². The first-order valence-corrected chi connectivity index (χ1v) is 7.01. The van der Waals surface area contributed by atoms with E-state index in [2.05, 4.69) is 42.6 Å². The van der Waals surface area contributed by atoms with Crippen LogP contribution in [-0.4, -0.2) is 15.8 Å². The second-order valence-electron chi connectivity index (χ2n) is 4.16. The molecule has 2 aromatic rings. The predicted molar refractivity (Wildman–Crippen MR) is 76.5 cm³/mol. The van der Waals surface area contributed by atoms with Crippen LogP contribution in [0.5, 0.6) is 0 Å². The second-order valence-corrected chi connectivity index (χ2v) is 5.56. The predicted octanol–water partition coefficient (Wildman–Crippen LogP) is 3.69. The molecule has 1 aliphatic heterocycles. The summed E-state index contributed by atoms with van der Waals surface area (Å²) in [5.74, 6) is 0. The number of nitrogens with zero attached hydrogens (tertiary/aromatic N) is 3. The Morgan fingerprint density at radius 1 is 1.28 bits per heavy atom. The van der Waals surface area contributed by atoms with Crippen LogP contribution in [0.1, 0.15) is 27.3 Å². The van der Waals surface area contributed by atoms with Gasteiger partial charge < -0.3 is 4.57 Å². The van der Waals surface area contributed by atoms with Crippen LogP contribution < -0.4 is 0 Å². The minimum atomic E-state index is -0.370. The Kier molecular flexibility index (Phi) is 3.22. The number of rotatable bonds is 2. The lowest BCUT2D eigenvalue weighted by Gasteiger charge is -2.17. The molecule has 2 heterocycles. The first-order valence-electron chi connectivity index (χ1n) is 5.66. The Hall–Kier alpha value is -1.13. The molecule has 0 aliphatic carbocycles. The van der Waals surface area contributed by atoms with Crippen molar-refractivity contribution in [2.24, 2.45) is 4.99 Å². The fourth-order valence-electron chi connectivity index (χ4n) is 2.09. The van der Waals surface area contributed by atoms with Gasteiger partial charge in [-0.2, -0.15) is 0 Å². The first-order chi connectivity index (χ1) is 8.75. The van der Waals surface area contributed by atoms with Crippen LogP contribution in [0.3, 0.4) is 0 Å². The molecule has 0 bridgehead atoms. The molecule has 1 aromatic carbocycles. The van der Waals surface area contributed by atoms with Crippen LogP contribution in [0.4, 0.5) is 0 Å². The quantitative estimate of drug-likeness (QED) is 0.612. The molecule has 1 aliphatic rings. The van der Waals surface area contributed by atoms with Gasteiger partial charge in [0.15, 0.2) is 5.50 Å². The molecule has 0 N–H and O–H groups in total. The Morgan fingerprint density at radius 2 is 2.06 bits per heavy atom. The Labute approximate surface area is 119 Å².